The van der Waals surface area contributed by atoms with Gasteiger partial charge in [0.1, 0.15) is 0 Å². The standard InChI is InChI=1S/C10H13F3N2O2S/c1-6(18(2,16)17)9(14)7-5-15-4-3-8(7)10(11,12)13/h3-6,9H,14H2,1-2H3. The van der Waals surface area contributed by atoms with Crippen LogP contribution in [0.1, 0.15) is 24.1 Å². The van der Waals surface area contributed by atoms with Crippen molar-refractivity contribution in [3.63, 3.8) is 0 Å². The van der Waals surface area contributed by atoms with Crippen LogP contribution in [-0.2, 0) is 16.0 Å². The van der Waals surface area contributed by atoms with E-state index in [9.17, 15) is 21.6 Å². The zero-order chi connectivity index (χ0) is 14.1. The molecule has 8 heteroatoms. The summed E-state index contributed by atoms with van der Waals surface area (Å²) < 4.78 is 60.9. The van der Waals surface area contributed by atoms with Crippen LogP contribution in [0.2, 0.25) is 0 Å². The van der Waals surface area contributed by atoms with E-state index in [1.165, 1.54) is 6.92 Å². The lowest BCUT2D eigenvalue weighted by Gasteiger charge is -2.21. The number of aromatic nitrogens is 1. The quantitative estimate of drug-likeness (QED) is 0.912. The lowest BCUT2D eigenvalue weighted by Crippen LogP contribution is -2.32. The molecule has 1 aromatic rings. The van der Waals surface area contributed by atoms with E-state index in [2.05, 4.69) is 4.98 Å². The molecule has 0 amide bonds. The number of alkyl halides is 3. The first kappa shape index (κ1) is 14.9. The van der Waals surface area contributed by atoms with Gasteiger partial charge in [0.05, 0.1) is 10.8 Å². The van der Waals surface area contributed by atoms with Crippen LogP contribution >= 0.6 is 0 Å². The minimum Gasteiger partial charge on any atom is -0.323 e. The molecule has 2 N–H and O–H groups in total. The van der Waals surface area contributed by atoms with Crippen LogP contribution in [-0.4, -0.2) is 24.9 Å². The van der Waals surface area contributed by atoms with Crippen LogP contribution in [0.25, 0.3) is 0 Å². The summed E-state index contributed by atoms with van der Waals surface area (Å²) in [5.41, 5.74) is 4.33. The third-order valence-electron chi connectivity index (χ3n) is 2.70. The van der Waals surface area contributed by atoms with Gasteiger partial charge in [0.15, 0.2) is 9.84 Å². The molecule has 0 saturated heterocycles. The molecular formula is C10H13F3N2O2S. The highest BCUT2D eigenvalue weighted by Crippen LogP contribution is 2.34. The van der Waals surface area contributed by atoms with Crippen LogP contribution in [0.4, 0.5) is 13.2 Å². The van der Waals surface area contributed by atoms with Crippen molar-refractivity contribution in [1.29, 1.82) is 0 Å². The maximum atomic E-state index is 12.7. The molecule has 2 unspecified atom stereocenters. The first-order valence-corrected chi connectivity index (χ1v) is 6.96. The fourth-order valence-electron chi connectivity index (χ4n) is 1.45. The Hall–Kier alpha value is -1.15. The SMILES string of the molecule is CC(C(N)c1cnccc1C(F)(F)F)S(C)(=O)=O. The van der Waals surface area contributed by atoms with E-state index in [-0.39, 0.29) is 5.56 Å². The van der Waals surface area contributed by atoms with Gasteiger partial charge in [0.25, 0.3) is 0 Å². The van der Waals surface area contributed by atoms with Gasteiger partial charge in [-0.1, -0.05) is 0 Å². The fourth-order valence-corrected chi connectivity index (χ4v) is 2.13. The summed E-state index contributed by atoms with van der Waals surface area (Å²) in [7, 11) is -3.53. The van der Waals surface area contributed by atoms with E-state index in [0.29, 0.717) is 0 Å². The maximum Gasteiger partial charge on any atom is 0.416 e. The number of nitrogens with zero attached hydrogens (tertiary/aromatic N) is 1. The summed E-state index contributed by atoms with van der Waals surface area (Å²) in [5.74, 6) is 0. The lowest BCUT2D eigenvalue weighted by molar-refractivity contribution is -0.138. The molecule has 0 aliphatic heterocycles. The molecule has 0 aliphatic carbocycles. The third-order valence-corrected chi connectivity index (χ3v) is 4.34. The lowest BCUT2D eigenvalue weighted by atomic mass is 10.0. The summed E-state index contributed by atoms with van der Waals surface area (Å²) in [6, 6.07) is -0.491. The van der Waals surface area contributed by atoms with Crippen LogP contribution in [0.15, 0.2) is 18.5 Å². The summed E-state index contributed by atoms with van der Waals surface area (Å²) in [6.07, 6.45) is -1.71. The number of hydrogen-bond acceptors (Lipinski definition) is 4. The third kappa shape index (κ3) is 3.20. The van der Waals surface area contributed by atoms with E-state index in [0.717, 1.165) is 24.7 Å². The predicted molar refractivity (Wildman–Crippen MR) is 60.5 cm³/mol. The Balaban J connectivity index is 3.27. The number of nitrogens with two attached hydrogens (primary N) is 1. The first-order chi connectivity index (χ1) is 8.05. The molecule has 1 rings (SSSR count). The van der Waals surface area contributed by atoms with E-state index < -0.39 is 32.9 Å². The Labute approximate surface area is 103 Å². The topological polar surface area (TPSA) is 73.0 Å². The largest absolute Gasteiger partial charge is 0.416 e. The number of pyridine rings is 1. The highest BCUT2D eigenvalue weighted by molar-refractivity contribution is 7.91. The Kier molecular flexibility index (Phi) is 4.02. The number of halogens is 3. The molecule has 0 radical (unpaired) electrons. The zero-order valence-corrected chi connectivity index (χ0v) is 10.6. The highest BCUT2D eigenvalue weighted by Gasteiger charge is 2.37. The Morgan fingerprint density at radius 2 is 1.94 bits per heavy atom. The molecular weight excluding hydrogens is 269 g/mol. The normalized spacial score (nSPS) is 16.3. The van der Waals surface area contributed by atoms with Crippen LogP contribution in [0, 0.1) is 0 Å². The summed E-state index contributed by atoms with van der Waals surface area (Å²) in [4.78, 5) is 3.57. The van der Waals surface area contributed by atoms with Crippen molar-refractivity contribution in [2.45, 2.75) is 24.4 Å². The Bertz CT molecular complexity index is 528. The van der Waals surface area contributed by atoms with Gasteiger partial charge in [-0.15, -0.1) is 0 Å². The molecule has 102 valence electrons. The van der Waals surface area contributed by atoms with Gasteiger partial charge in [0.2, 0.25) is 0 Å². The number of sulfone groups is 1. The molecule has 1 heterocycles. The molecule has 0 fully saturated rings. The van der Waals surface area contributed by atoms with Crippen LogP contribution in [0.3, 0.4) is 0 Å². The molecule has 0 aromatic carbocycles. The van der Waals surface area contributed by atoms with Gasteiger partial charge in [-0.3, -0.25) is 4.98 Å². The van der Waals surface area contributed by atoms with E-state index in [1.54, 1.807) is 0 Å². The van der Waals surface area contributed by atoms with Crippen molar-refractivity contribution in [1.82, 2.24) is 4.98 Å². The van der Waals surface area contributed by atoms with E-state index in [4.69, 9.17) is 5.73 Å². The second-order valence-electron chi connectivity index (χ2n) is 4.02. The highest BCUT2D eigenvalue weighted by atomic mass is 32.2. The van der Waals surface area contributed by atoms with Gasteiger partial charge < -0.3 is 5.73 Å². The van der Waals surface area contributed by atoms with Crippen LogP contribution < -0.4 is 5.73 Å². The monoisotopic (exact) mass is 282 g/mol. The van der Waals surface area contributed by atoms with Crippen molar-refractivity contribution < 1.29 is 21.6 Å². The smallest absolute Gasteiger partial charge is 0.323 e. The molecule has 0 aliphatic rings. The average Bonchev–Trinajstić information content (AvgIpc) is 2.24. The van der Waals surface area contributed by atoms with Gasteiger partial charge in [-0.25, -0.2) is 8.42 Å². The Morgan fingerprint density at radius 3 is 2.39 bits per heavy atom. The molecule has 2 atom stereocenters. The van der Waals surface area contributed by atoms with Crippen molar-refractivity contribution in [3.8, 4) is 0 Å². The fraction of sp³-hybridized carbons (Fsp3) is 0.500. The molecule has 1 aromatic heterocycles. The van der Waals surface area contributed by atoms with E-state index >= 15 is 0 Å². The van der Waals surface area contributed by atoms with Gasteiger partial charge in [-0.05, 0) is 13.0 Å². The molecule has 0 bridgehead atoms. The number of hydrogen-bond donors (Lipinski definition) is 1. The summed E-state index contributed by atoms with van der Waals surface area (Å²) >= 11 is 0. The van der Waals surface area contributed by atoms with Gasteiger partial charge in [-0.2, -0.15) is 13.2 Å². The van der Waals surface area contributed by atoms with Crippen molar-refractivity contribution >= 4 is 9.84 Å². The minimum atomic E-state index is -4.59. The van der Waals surface area contributed by atoms with Crippen molar-refractivity contribution in [2.24, 2.45) is 5.73 Å². The average molecular weight is 282 g/mol. The van der Waals surface area contributed by atoms with Crippen molar-refractivity contribution in [3.05, 3.63) is 29.6 Å². The number of rotatable bonds is 3. The summed E-state index contributed by atoms with van der Waals surface area (Å²) in [5, 5.41) is -1.12. The minimum absolute atomic E-state index is 0.317. The van der Waals surface area contributed by atoms with Gasteiger partial charge >= 0.3 is 6.18 Å². The van der Waals surface area contributed by atoms with Crippen molar-refractivity contribution in [2.75, 3.05) is 6.26 Å². The second kappa shape index (κ2) is 4.85. The molecule has 4 nitrogen and oxygen atoms in total. The maximum absolute atomic E-state index is 12.7. The van der Waals surface area contributed by atoms with Crippen LogP contribution in [0.5, 0.6) is 0 Å². The Morgan fingerprint density at radius 1 is 1.39 bits per heavy atom. The predicted octanol–water partition coefficient (Wildman–Crippen LogP) is 1.53. The second-order valence-corrected chi connectivity index (χ2v) is 6.42. The molecule has 0 spiro atoms. The first-order valence-electron chi connectivity index (χ1n) is 5.00. The van der Waals surface area contributed by atoms with Gasteiger partial charge in [0, 0.05) is 30.3 Å². The van der Waals surface area contributed by atoms with E-state index in [1.807, 2.05) is 0 Å². The zero-order valence-electron chi connectivity index (χ0n) is 9.77. The summed E-state index contributed by atoms with van der Waals surface area (Å²) in [6.45, 7) is 1.27. The molecule has 18 heavy (non-hydrogen) atoms. The molecule has 0 saturated carbocycles.